The van der Waals surface area contributed by atoms with Gasteiger partial charge in [0.05, 0.1) is 5.69 Å². The Hall–Kier alpha value is -3.02. The first-order chi connectivity index (χ1) is 10.6. The van der Waals surface area contributed by atoms with Gasteiger partial charge in [-0.1, -0.05) is 6.07 Å². The lowest BCUT2D eigenvalue weighted by Crippen LogP contribution is -2.13. The number of benzene rings is 2. The normalized spacial score (nSPS) is 10.5. The van der Waals surface area contributed by atoms with Gasteiger partial charge in [-0.25, -0.2) is 14.1 Å². The zero-order valence-electron chi connectivity index (χ0n) is 11.8. The maximum absolute atomic E-state index is 13.2. The molecule has 1 aromatic heterocycles. The molecule has 0 aliphatic heterocycles. The van der Waals surface area contributed by atoms with Gasteiger partial charge in [0, 0.05) is 11.3 Å². The third kappa shape index (κ3) is 2.85. The van der Waals surface area contributed by atoms with Crippen molar-refractivity contribution >= 4 is 11.6 Å². The molecule has 0 aliphatic rings. The number of aromatic nitrogens is 3. The molecule has 2 aromatic carbocycles. The molecule has 1 N–H and O–H groups in total. The van der Waals surface area contributed by atoms with Crippen molar-refractivity contribution < 1.29 is 9.18 Å². The van der Waals surface area contributed by atoms with Crippen LogP contribution in [0.4, 0.5) is 10.1 Å². The summed E-state index contributed by atoms with van der Waals surface area (Å²) in [6.45, 7) is 1.81. The lowest BCUT2D eigenvalue weighted by Gasteiger charge is -2.09. The van der Waals surface area contributed by atoms with Gasteiger partial charge < -0.3 is 5.32 Å². The summed E-state index contributed by atoms with van der Waals surface area (Å²) in [6, 6.07) is 11.2. The van der Waals surface area contributed by atoms with E-state index in [0.717, 1.165) is 11.3 Å². The summed E-state index contributed by atoms with van der Waals surface area (Å²) < 4.78 is 14.8. The summed E-state index contributed by atoms with van der Waals surface area (Å²) in [5.41, 5.74) is 2.54. The fraction of sp³-hybridized carbons (Fsp3) is 0.0625. The lowest BCUT2D eigenvalue weighted by molar-refractivity contribution is 0.102. The number of nitrogens with one attached hydrogen (secondary N) is 1. The molecule has 0 spiro atoms. The summed E-state index contributed by atoms with van der Waals surface area (Å²) >= 11 is 0. The predicted octanol–water partition coefficient (Wildman–Crippen LogP) is 2.97. The van der Waals surface area contributed by atoms with Crippen molar-refractivity contribution in [3.63, 3.8) is 0 Å². The Morgan fingerprint density at radius 2 is 1.95 bits per heavy atom. The van der Waals surface area contributed by atoms with Crippen molar-refractivity contribution in [1.29, 1.82) is 0 Å². The van der Waals surface area contributed by atoms with E-state index in [1.807, 2.05) is 6.92 Å². The molecular weight excluding hydrogens is 283 g/mol. The molecule has 0 aliphatic carbocycles. The minimum atomic E-state index is -0.387. The van der Waals surface area contributed by atoms with E-state index in [0.29, 0.717) is 11.3 Å². The number of hydrogen-bond donors (Lipinski definition) is 1. The van der Waals surface area contributed by atoms with E-state index in [-0.39, 0.29) is 11.7 Å². The quantitative estimate of drug-likeness (QED) is 0.808. The highest BCUT2D eigenvalue weighted by Gasteiger charge is 2.09. The number of anilines is 1. The fourth-order valence-corrected chi connectivity index (χ4v) is 2.03. The summed E-state index contributed by atoms with van der Waals surface area (Å²) in [5.74, 6) is -0.679. The summed E-state index contributed by atoms with van der Waals surface area (Å²) in [6.07, 6.45) is 3.01. The van der Waals surface area contributed by atoms with Crippen molar-refractivity contribution in [1.82, 2.24) is 14.8 Å². The summed E-state index contributed by atoms with van der Waals surface area (Å²) in [4.78, 5) is 16.1. The second kappa shape index (κ2) is 5.77. The third-order valence-electron chi connectivity index (χ3n) is 3.26. The topological polar surface area (TPSA) is 59.8 Å². The Kier molecular flexibility index (Phi) is 3.65. The van der Waals surface area contributed by atoms with E-state index in [1.165, 1.54) is 18.5 Å². The maximum Gasteiger partial charge on any atom is 0.255 e. The van der Waals surface area contributed by atoms with Gasteiger partial charge in [0.25, 0.3) is 5.91 Å². The van der Waals surface area contributed by atoms with Crippen LogP contribution in [-0.4, -0.2) is 20.7 Å². The number of rotatable bonds is 3. The average Bonchev–Trinajstić information content (AvgIpc) is 3.05. The smallest absolute Gasteiger partial charge is 0.255 e. The lowest BCUT2D eigenvalue weighted by atomic mass is 10.1. The molecule has 0 bridgehead atoms. The van der Waals surface area contributed by atoms with Gasteiger partial charge in [0.2, 0.25) is 0 Å². The van der Waals surface area contributed by atoms with E-state index in [2.05, 4.69) is 15.4 Å². The average molecular weight is 296 g/mol. The number of amides is 1. The van der Waals surface area contributed by atoms with Crippen LogP contribution < -0.4 is 5.32 Å². The third-order valence-corrected chi connectivity index (χ3v) is 3.26. The van der Waals surface area contributed by atoms with Gasteiger partial charge in [-0.05, 0) is 48.9 Å². The van der Waals surface area contributed by atoms with Crippen LogP contribution in [0.5, 0.6) is 0 Å². The SMILES string of the molecule is Cc1ccc(F)cc1NC(=O)c1ccc(-n2cncn2)cc1. The van der Waals surface area contributed by atoms with Crippen LogP contribution >= 0.6 is 0 Å². The Labute approximate surface area is 126 Å². The maximum atomic E-state index is 13.2. The van der Waals surface area contributed by atoms with Crippen LogP contribution in [0.3, 0.4) is 0 Å². The first kappa shape index (κ1) is 13.9. The van der Waals surface area contributed by atoms with Crippen LogP contribution in [0.2, 0.25) is 0 Å². The van der Waals surface area contributed by atoms with Gasteiger partial charge in [-0.15, -0.1) is 0 Å². The Morgan fingerprint density at radius 1 is 1.18 bits per heavy atom. The monoisotopic (exact) mass is 296 g/mol. The summed E-state index contributed by atoms with van der Waals surface area (Å²) in [5, 5.41) is 6.72. The van der Waals surface area contributed by atoms with Crippen LogP contribution in [0.15, 0.2) is 55.1 Å². The molecule has 0 radical (unpaired) electrons. The van der Waals surface area contributed by atoms with Crippen LogP contribution in [0.25, 0.3) is 5.69 Å². The highest BCUT2D eigenvalue weighted by atomic mass is 19.1. The van der Waals surface area contributed by atoms with E-state index < -0.39 is 0 Å². The van der Waals surface area contributed by atoms with Crippen LogP contribution in [0, 0.1) is 12.7 Å². The van der Waals surface area contributed by atoms with Crippen molar-refractivity contribution in [3.05, 3.63) is 72.1 Å². The van der Waals surface area contributed by atoms with E-state index in [9.17, 15) is 9.18 Å². The molecule has 1 amide bonds. The number of nitrogens with zero attached hydrogens (tertiary/aromatic N) is 3. The minimum Gasteiger partial charge on any atom is -0.322 e. The van der Waals surface area contributed by atoms with E-state index in [1.54, 1.807) is 41.3 Å². The minimum absolute atomic E-state index is 0.293. The molecule has 22 heavy (non-hydrogen) atoms. The molecule has 3 rings (SSSR count). The molecule has 110 valence electrons. The van der Waals surface area contributed by atoms with Crippen molar-refractivity contribution in [2.24, 2.45) is 0 Å². The van der Waals surface area contributed by atoms with Gasteiger partial charge >= 0.3 is 0 Å². The molecule has 0 atom stereocenters. The highest BCUT2D eigenvalue weighted by molar-refractivity contribution is 6.04. The van der Waals surface area contributed by atoms with Crippen molar-refractivity contribution in [2.75, 3.05) is 5.32 Å². The second-order valence-corrected chi connectivity index (χ2v) is 4.80. The molecule has 5 nitrogen and oxygen atoms in total. The molecule has 0 fully saturated rings. The first-order valence-corrected chi connectivity index (χ1v) is 6.66. The zero-order valence-corrected chi connectivity index (χ0v) is 11.8. The Morgan fingerprint density at radius 3 is 2.64 bits per heavy atom. The van der Waals surface area contributed by atoms with E-state index >= 15 is 0 Å². The molecule has 3 aromatic rings. The largest absolute Gasteiger partial charge is 0.322 e. The molecule has 0 saturated heterocycles. The van der Waals surface area contributed by atoms with Gasteiger partial charge in [-0.3, -0.25) is 4.79 Å². The zero-order chi connectivity index (χ0) is 15.5. The standard InChI is InChI=1S/C16H13FN4O/c1-11-2-5-13(17)8-15(11)20-16(22)12-3-6-14(7-4-12)21-10-18-9-19-21/h2-10H,1H3,(H,20,22). The molecule has 6 heteroatoms. The molecule has 0 saturated carbocycles. The number of carbonyl (C=O) groups is 1. The van der Waals surface area contributed by atoms with Gasteiger partial charge in [0.1, 0.15) is 18.5 Å². The van der Waals surface area contributed by atoms with E-state index in [4.69, 9.17) is 0 Å². The van der Waals surface area contributed by atoms with Crippen LogP contribution in [0.1, 0.15) is 15.9 Å². The second-order valence-electron chi connectivity index (χ2n) is 4.80. The molecule has 0 unspecified atom stereocenters. The van der Waals surface area contributed by atoms with Gasteiger partial charge in [-0.2, -0.15) is 5.10 Å². The molecule has 1 heterocycles. The molecular formula is C16H13FN4O. The highest BCUT2D eigenvalue weighted by Crippen LogP contribution is 2.17. The number of hydrogen-bond acceptors (Lipinski definition) is 3. The number of aryl methyl sites for hydroxylation is 1. The van der Waals surface area contributed by atoms with Crippen molar-refractivity contribution in [3.8, 4) is 5.69 Å². The first-order valence-electron chi connectivity index (χ1n) is 6.66. The Balaban J connectivity index is 1.79. The predicted molar refractivity (Wildman–Crippen MR) is 80.4 cm³/mol. The number of halogens is 1. The van der Waals surface area contributed by atoms with Crippen LogP contribution in [-0.2, 0) is 0 Å². The Bertz CT molecular complexity index is 798. The summed E-state index contributed by atoms with van der Waals surface area (Å²) in [7, 11) is 0. The fourth-order valence-electron chi connectivity index (χ4n) is 2.03. The van der Waals surface area contributed by atoms with Gasteiger partial charge in [0.15, 0.2) is 0 Å². The van der Waals surface area contributed by atoms with Crippen molar-refractivity contribution in [2.45, 2.75) is 6.92 Å². The number of carbonyl (C=O) groups excluding carboxylic acids is 1.